The van der Waals surface area contributed by atoms with Crippen LogP contribution in [-0.2, 0) is 19.1 Å². The lowest BCUT2D eigenvalue weighted by molar-refractivity contribution is -0.155. The van der Waals surface area contributed by atoms with Gasteiger partial charge in [0.1, 0.15) is 12.1 Å². The first-order valence-corrected chi connectivity index (χ1v) is 11.3. The van der Waals surface area contributed by atoms with Crippen LogP contribution in [0.4, 0.5) is 10.5 Å². The van der Waals surface area contributed by atoms with Gasteiger partial charge in [-0.2, -0.15) is 0 Å². The predicted molar refractivity (Wildman–Crippen MR) is 121 cm³/mol. The van der Waals surface area contributed by atoms with Gasteiger partial charge >= 0.3 is 12.0 Å². The lowest BCUT2D eigenvalue weighted by Crippen LogP contribution is -2.49. The van der Waals surface area contributed by atoms with Crippen LogP contribution in [0.5, 0.6) is 0 Å². The lowest BCUT2D eigenvalue weighted by atomic mass is 9.75. The summed E-state index contributed by atoms with van der Waals surface area (Å²) in [6, 6.07) is 8.33. The van der Waals surface area contributed by atoms with E-state index in [0.29, 0.717) is 24.4 Å². The SMILES string of the molecule is CCC1CCC2(CC1)NC(=O)N(CC(=O)OC(C)C(=O)Nc1cccc3ncccc13)C2=O. The molecular formula is C24H28N4O5. The summed E-state index contributed by atoms with van der Waals surface area (Å²) >= 11 is 0. The molecule has 174 valence electrons. The molecule has 9 heteroatoms. The molecule has 4 rings (SSSR count). The maximum absolute atomic E-state index is 13.0. The van der Waals surface area contributed by atoms with Crippen LogP contribution in [0.15, 0.2) is 36.5 Å². The number of pyridine rings is 1. The average Bonchev–Trinajstić information content (AvgIpc) is 3.03. The van der Waals surface area contributed by atoms with Gasteiger partial charge in [0.05, 0.1) is 11.2 Å². The summed E-state index contributed by atoms with van der Waals surface area (Å²) in [5.41, 5.74) is 0.349. The molecule has 1 saturated carbocycles. The number of carbonyl (C=O) groups is 4. The van der Waals surface area contributed by atoms with Gasteiger partial charge in [0, 0.05) is 11.6 Å². The van der Waals surface area contributed by atoms with Crippen molar-refractivity contribution in [1.82, 2.24) is 15.2 Å². The van der Waals surface area contributed by atoms with Crippen LogP contribution in [0.1, 0.15) is 46.0 Å². The Morgan fingerprint density at radius 1 is 1.24 bits per heavy atom. The molecule has 1 aliphatic carbocycles. The van der Waals surface area contributed by atoms with Crippen molar-refractivity contribution in [2.24, 2.45) is 5.92 Å². The highest BCUT2D eigenvalue weighted by atomic mass is 16.5. The first-order valence-electron chi connectivity index (χ1n) is 11.3. The Kier molecular flexibility index (Phi) is 6.31. The van der Waals surface area contributed by atoms with Gasteiger partial charge in [-0.15, -0.1) is 0 Å². The molecule has 2 aliphatic rings. The Balaban J connectivity index is 1.35. The van der Waals surface area contributed by atoms with Gasteiger partial charge in [-0.05, 0) is 62.8 Å². The van der Waals surface area contributed by atoms with E-state index in [-0.39, 0.29) is 5.91 Å². The summed E-state index contributed by atoms with van der Waals surface area (Å²) in [6.07, 6.45) is 4.46. The normalized spacial score (nSPS) is 23.5. The number of amides is 4. The maximum atomic E-state index is 13.0. The summed E-state index contributed by atoms with van der Waals surface area (Å²) in [5, 5.41) is 6.29. The molecule has 0 bridgehead atoms. The van der Waals surface area contributed by atoms with Crippen molar-refractivity contribution in [3.63, 3.8) is 0 Å². The number of nitrogens with one attached hydrogen (secondary N) is 2. The van der Waals surface area contributed by atoms with Crippen molar-refractivity contribution < 1.29 is 23.9 Å². The predicted octanol–water partition coefficient (Wildman–Crippen LogP) is 3.00. The number of benzene rings is 1. The summed E-state index contributed by atoms with van der Waals surface area (Å²) in [6.45, 7) is 3.03. The molecule has 1 unspecified atom stereocenters. The summed E-state index contributed by atoms with van der Waals surface area (Å²) in [4.78, 5) is 55.6. The zero-order valence-electron chi connectivity index (χ0n) is 18.8. The molecule has 1 aliphatic heterocycles. The summed E-state index contributed by atoms with van der Waals surface area (Å²) < 4.78 is 5.22. The smallest absolute Gasteiger partial charge is 0.327 e. The molecule has 4 amide bonds. The second kappa shape index (κ2) is 9.17. The van der Waals surface area contributed by atoms with E-state index in [9.17, 15) is 19.2 Å². The number of esters is 1. The number of urea groups is 1. The van der Waals surface area contributed by atoms with Crippen molar-refractivity contribution in [2.45, 2.75) is 57.6 Å². The zero-order chi connectivity index (χ0) is 23.6. The van der Waals surface area contributed by atoms with Gasteiger partial charge in [0.25, 0.3) is 11.8 Å². The Morgan fingerprint density at radius 3 is 2.73 bits per heavy atom. The van der Waals surface area contributed by atoms with Crippen molar-refractivity contribution in [3.05, 3.63) is 36.5 Å². The number of carbonyl (C=O) groups excluding carboxylic acids is 4. The number of hydrogen-bond acceptors (Lipinski definition) is 6. The average molecular weight is 453 g/mol. The minimum absolute atomic E-state index is 0.389. The number of fused-ring (bicyclic) bond motifs is 1. The Labute approximate surface area is 191 Å². The number of nitrogens with zero attached hydrogens (tertiary/aromatic N) is 2. The molecule has 1 aromatic carbocycles. The molecular weight excluding hydrogens is 424 g/mol. The van der Waals surface area contributed by atoms with E-state index in [1.54, 1.807) is 24.4 Å². The first-order chi connectivity index (χ1) is 15.8. The van der Waals surface area contributed by atoms with E-state index < -0.39 is 36.1 Å². The van der Waals surface area contributed by atoms with Crippen LogP contribution < -0.4 is 10.6 Å². The highest BCUT2D eigenvalue weighted by Gasteiger charge is 2.52. The second-order valence-electron chi connectivity index (χ2n) is 8.75. The van der Waals surface area contributed by atoms with Crippen LogP contribution in [0.25, 0.3) is 10.9 Å². The molecule has 2 aromatic rings. The van der Waals surface area contributed by atoms with Gasteiger partial charge in [-0.3, -0.25) is 24.3 Å². The molecule has 0 radical (unpaired) electrons. The fourth-order valence-corrected chi connectivity index (χ4v) is 4.60. The fraction of sp³-hybridized carbons (Fsp3) is 0.458. The number of imide groups is 1. The quantitative estimate of drug-likeness (QED) is 0.514. The monoisotopic (exact) mass is 452 g/mol. The van der Waals surface area contributed by atoms with Gasteiger partial charge in [0.2, 0.25) is 0 Å². The number of anilines is 1. The number of hydrogen-bond donors (Lipinski definition) is 2. The summed E-state index contributed by atoms with van der Waals surface area (Å²) in [7, 11) is 0. The molecule has 1 atom stereocenters. The molecule has 1 saturated heterocycles. The van der Waals surface area contributed by atoms with Crippen LogP contribution in [0, 0.1) is 5.92 Å². The third-order valence-electron chi connectivity index (χ3n) is 6.65. The van der Waals surface area contributed by atoms with E-state index in [4.69, 9.17) is 4.74 Å². The van der Waals surface area contributed by atoms with E-state index in [1.165, 1.54) is 6.92 Å². The number of ether oxygens (including phenoxy) is 1. The van der Waals surface area contributed by atoms with Gasteiger partial charge in [0.15, 0.2) is 6.10 Å². The number of rotatable bonds is 6. The van der Waals surface area contributed by atoms with E-state index in [0.717, 1.165) is 35.1 Å². The lowest BCUT2D eigenvalue weighted by Gasteiger charge is -2.34. The molecule has 2 heterocycles. The highest BCUT2D eigenvalue weighted by molar-refractivity contribution is 6.09. The number of aromatic nitrogens is 1. The van der Waals surface area contributed by atoms with E-state index in [1.807, 2.05) is 12.1 Å². The Bertz CT molecular complexity index is 1090. The molecule has 2 fully saturated rings. The summed E-state index contributed by atoms with van der Waals surface area (Å²) in [5.74, 6) is -1.18. The van der Waals surface area contributed by atoms with Crippen molar-refractivity contribution in [2.75, 3.05) is 11.9 Å². The fourth-order valence-electron chi connectivity index (χ4n) is 4.60. The van der Waals surface area contributed by atoms with Crippen molar-refractivity contribution >= 4 is 40.4 Å². The van der Waals surface area contributed by atoms with Gasteiger partial charge in [-0.25, -0.2) is 4.79 Å². The minimum Gasteiger partial charge on any atom is -0.451 e. The topological polar surface area (TPSA) is 118 Å². The molecule has 2 N–H and O–H groups in total. The second-order valence-corrected chi connectivity index (χ2v) is 8.75. The van der Waals surface area contributed by atoms with Crippen LogP contribution >= 0.6 is 0 Å². The molecule has 9 nitrogen and oxygen atoms in total. The maximum Gasteiger partial charge on any atom is 0.327 e. The molecule has 1 spiro atoms. The van der Waals surface area contributed by atoms with Crippen LogP contribution in [0.3, 0.4) is 0 Å². The largest absolute Gasteiger partial charge is 0.451 e. The third kappa shape index (κ3) is 4.53. The first kappa shape index (κ1) is 22.7. The minimum atomic E-state index is -1.11. The van der Waals surface area contributed by atoms with Crippen LogP contribution in [-0.4, -0.2) is 51.9 Å². The van der Waals surface area contributed by atoms with Crippen LogP contribution in [0.2, 0.25) is 0 Å². The van der Waals surface area contributed by atoms with Crippen molar-refractivity contribution in [1.29, 1.82) is 0 Å². The van der Waals surface area contributed by atoms with Gasteiger partial charge < -0.3 is 15.4 Å². The van der Waals surface area contributed by atoms with E-state index in [2.05, 4.69) is 22.5 Å². The third-order valence-corrected chi connectivity index (χ3v) is 6.65. The Hall–Kier alpha value is -3.49. The van der Waals surface area contributed by atoms with Gasteiger partial charge in [-0.1, -0.05) is 19.4 Å². The molecule has 1 aromatic heterocycles. The zero-order valence-corrected chi connectivity index (χ0v) is 18.8. The standard InChI is InChI=1S/C24H28N4O5/c1-3-16-9-11-24(12-10-16)22(31)28(23(32)27-24)14-20(29)33-15(2)21(30)26-19-8-4-7-18-17(19)6-5-13-25-18/h4-8,13,15-16H,3,9-12,14H2,1-2H3,(H,26,30)(H,27,32). The Morgan fingerprint density at radius 2 is 2.00 bits per heavy atom. The van der Waals surface area contributed by atoms with Crippen molar-refractivity contribution in [3.8, 4) is 0 Å². The van der Waals surface area contributed by atoms with E-state index >= 15 is 0 Å². The highest BCUT2D eigenvalue weighted by Crippen LogP contribution is 2.37. The molecule has 33 heavy (non-hydrogen) atoms.